The van der Waals surface area contributed by atoms with Crippen molar-refractivity contribution in [2.24, 2.45) is 5.92 Å². The normalized spacial score (nSPS) is 16.3. The molecule has 6 nitrogen and oxygen atoms in total. The first-order chi connectivity index (χ1) is 13.9. The molecule has 0 spiro atoms. The topological polar surface area (TPSA) is 75.7 Å². The van der Waals surface area contributed by atoms with E-state index in [1.807, 2.05) is 0 Å². The number of allylic oxidation sites excluding steroid dienone is 2. The van der Waals surface area contributed by atoms with E-state index in [0.717, 1.165) is 19.3 Å². The summed E-state index contributed by atoms with van der Waals surface area (Å²) in [6, 6.07) is 12.9. The van der Waals surface area contributed by atoms with Gasteiger partial charge in [0.1, 0.15) is 5.75 Å². The maximum absolute atomic E-state index is 13.0. The molecule has 0 aromatic heterocycles. The molecule has 0 saturated carbocycles. The van der Waals surface area contributed by atoms with Crippen molar-refractivity contribution in [2.45, 2.75) is 24.2 Å². The Morgan fingerprint density at radius 3 is 2.52 bits per heavy atom. The van der Waals surface area contributed by atoms with Crippen LogP contribution < -0.4 is 14.4 Å². The van der Waals surface area contributed by atoms with Gasteiger partial charge >= 0.3 is 0 Å². The second kappa shape index (κ2) is 9.13. The van der Waals surface area contributed by atoms with E-state index in [1.54, 1.807) is 36.4 Å². The Hall–Kier alpha value is -2.80. The van der Waals surface area contributed by atoms with Gasteiger partial charge in [0.25, 0.3) is 15.9 Å². The zero-order valence-corrected chi connectivity index (χ0v) is 17.5. The molecule has 1 unspecified atom stereocenters. The number of para-hydroxylation sites is 2. The summed E-state index contributed by atoms with van der Waals surface area (Å²) in [5, 5.41) is 2.94. The average Bonchev–Trinajstić information content (AvgIpc) is 2.77. The number of amides is 1. The highest BCUT2D eigenvalue weighted by Gasteiger charge is 2.24. The fraction of sp³-hybridized carbons (Fsp3) is 0.318. The molecule has 2 aromatic rings. The van der Waals surface area contributed by atoms with Gasteiger partial charge in [-0.25, -0.2) is 8.42 Å². The third-order valence-corrected chi connectivity index (χ3v) is 6.91. The maximum atomic E-state index is 13.0. The molecule has 154 valence electrons. The largest absolute Gasteiger partial charge is 0.495 e. The number of nitrogens with zero attached hydrogens (tertiary/aromatic N) is 1. The van der Waals surface area contributed by atoms with Gasteiger partial charge in [-0.1, -0.05) is 24.3 Å². The number of nitrogens with one attached hydrogen (secondary N) is 1. The lowest BCUT2D eigenvalue weighted by molar-refractivity contribution is 0.0946. The molecule has 0 fully saturated rings. The number of ether oxygens (including phenoxy) is 1. The van der Waals surface area contributed by atoms with Crippen LogP contribution in [0.5, 0.6) is 5.75 Å². The third kappa shape index (κ3) is 4.79. The fourth-order valence-electron chi connectivity index (χ4n) is 3.34. The van der Waals surface area contributed by atoms with Gasteiger partial charge in [-0.2, -0.15) is 0 Å². The van der Waals surface area contributed by atoms with Crippen molar-refractivity contribution in [3.8, 4) is 5.75 Å². The number of benzene rings is 2. The third-order valence-electron chi connectivity index (χ3n) is 5.13. The summed E-state index contributed by atoms with van der Waals surface area (Å²) < 4.78 is 32.4. The van der Waals surface area contributed by atoms with Crippen molar-refractivity contribution in [3.05, 3.63) is 66.2 Å². The molecule has 0 saturated heterocycles. The summed E-state index contributed by atoms with van der Waals surface area (Å²) >= 11 is 0. The molecule has 1 amide bonds. The van der Waals surface area contributed by atoms with Crippen molar-refractivity contribution in [3.63, 3.8) is 0 Å². The number of carbonyl (C=O) groups excluding carboxylic acids is 1. The van der Waals surface area contributed by atoms with Gasteiger partial charge in [0.2, 0.25) is 0 Å². The SMILES string of the molecule is COc1ccccc1N(C)S(=O)(=O)c1ccc(C(=O)NCC2CC=CCC2)cc1. The summed E-state index contributed by atoms with van der Waals surface area (Å²) in [4.78, 5) is 12.5. The van der Waals surface area contributed by atoms with E-state index in [1.165, 1.54) is 30.6 Å². The number of hydrogen-bond acceptors (Lipinski definition) is 4. The zero-order valence-electron chi connectivity index (χ0n) is 16.7. The summed E-state index contributed by atoms with van der Waals surface area (Å²) in [7, 11) is -0.808. The molecule has 1 aliphatic carbocycles. The predicted molar refractivity (Wildman–Crippen MR) is 114 cm³/mol. The Morgan fingerprint density at radius 1 is 1.14 bits per heavy atom. The fourth-order valence-corrected chi connectivity index (χ4v) is 4.54. The Bertz CT molecular complexity index is 984. The number of rotatable bonds is 7. The van der Waals surface area contributed by atoms with Crippen LogP contribution >= 0.6 is 0 Å². The molecule has 1 atom stereocenters. The molecular weight excluding hydrogens is 388 g/mol. The van der Waals surface area contributed by atoms with E-state index in [2.05, 4.69) is 17.5 Å². The second-order valence-electron chi connectivity index (χ2n) is 7.03. The van der Waals surface area contributed by atoms with Crippen LogP contribution in [0, 0.1) is 5.92 Å². The van der Waals surface area contributed by atoms with Crippen LogP contribution in [0.25, 0.3) is 0 Å². The molecule has 2 aromatic carbocycles. The van der Waals surface area contributed by atoms with E-state index < -0.39 is 10.0 Å². The van der Waals surface area contributed by atoms with Crippen molar-refractivity contribution in [2.75, 3.05) is 25.0 Å². The maximum Gasteiger partial charge on any atom is 0.264 e. The molecule has 7 heteroatoms. The monoisotopic (exact) mass is 414 g/mol. The smallest absolute Gasteiger partial charge is 0.264 e. The number of sulfonamides is 1. The van der Waals surface area contributed by atoms with E-state index in [0.29, 0.717) is 29.5 Å². The second-order valence-corrected chi connectivity index (χ2v) is 9.00. The van der Waals surface area contributed by atoms with Gasteiger partial charge in [0.05, 0.1) is 17.7 Å². The molecule has 0 bridgehead atoms. The first kappa shape index (κ1) is 20.9. The van der Waals surface area contributed by atoms with Crippen LogP contribution in [0.2, 0.25) is 0 Å². The molecule has 1 aliphatic rings. The summed E-state index contributed by atoms with van der Waals surface area (Å²) in [6.45, 7) is 0.625. The minimum Gasteiger partial charge on any atom is -0.495 e. The van der Waals surface area contributed by atoms with Gasteiger partial charge in [-0.3, -0.25) is 9.10 Å². The lowest BCUT2D eigenvalue weighted by Crippen LogP contribution is -2.30. The van der Waals surface area contributed by atoms with Crippen LogP contribution in [0.1, 0.15) is 29.6 Å². The molecule has 0 radical (unpaired) electrons. The first-order valence-electron chi connectivity index (χ1n) is 9.58. The Morgan fingerprint density at radius 2 is 1.86 bits per heavy atom. The van der Waals surface area contributed by atoms with Crippen molar-refractivity contribution in [1.29, 1.82) is 0 Å². The number of carbonyl (C=O) groups is 1. The summed E-state index contributed by atoms with van der Waals surface area (Å²) in [5.74, 6) is 0.729. The van der Waals surface area contributed by atoms with Gasteiger partial charge in [-0.15, -0.1) is 0 Å². The van der Waals surface area contributed by atoms with E-state index in [4.69, 9.17) is 4.74 Å². The molecule has 3 rings (SSSR count). The average molecular weight is 415 g/mol. The number of anilines is 1. The van der Waals surface area contributed by atoms with Crippen molar-refractivity contribution < 1.29 is 17.9 Å². The van der Waals surface area contributed by atoms with E-state index >= 15 is 0 Å². The van der Waals surface area contributed by atoms with Crippen LogP contribution in [0.4, 0.5) is 5.69 Å². The molecule has 1 N–H and O–H groups in total. The lowest BCUT2D eigenvalue weighted by atomic mass is 9.94. The highest BCUT2D eigenvalue weighted by Crippen LogP contribution is 2.30. The van der Waals surface area contributed by atoms with Crippen LogP contribution in [-0.2, 0) is 10.0 Å². The van der Waals surface area contributed by atoms with E-state index in [9.17, 15) is 13.2 Å². The number of hydrogen-bond donors (Lipinski definition) is 1. The molecule has 29 heavy (non-hydrogen) atoms. The summed E-state index contributed by atoms with van der Waals surface area (Å²) in [5.41, 5.74) is 0.883. The zero-order chi connectivity index (χ0) is 20.9. The van der Waals surface area contributed by atoms with Crippen molar-refractivity contribution >= 4 is 21.6 Å². The quantitative estimate of drug-likeness (QED) is 0.703. The minimum absolute atomic E-state index is 0.111. The highest BCUT2D eigenvalue weighted by atomic mass is 32.2. The Balaban J connectivity index is 1.71. The minimum atomic E-state index is -3.78. The Kier molecular flexibility index (Phi) is 6.59. The lowest BCUT2D eigenvalue weighted by Gasteiger charge is -2.21. The van der Waals surface area contributed by atoms with E-state index in [-0.39, 0.29) is 10.8 Å². The molecule has 0 heterocycles. The standard InChI is InChI=1S/C22H26N2O4S/c1-24(20-10-6-7-11-21(20)28-2)29(26,27)19-14-12-18(13-15-19)22(25)23-16-17-8-4-3-5-9-17/h3-4,6-7,10-15,17H,5,8-9,16H2,1-2H3,(H,23,25). The molecule has 0 aliphatic heterocycles. The predicted octanol–water partition coefficient (Wildman–Crippen LogP) is 3.61. The van der Waals surface area contributed by atoms with Crippen molar-refractivity contribution in [1.82, 2.24) is 5.32 Å². The summed E-state index contributed by atoms with van der Waals surface area (Å²) in [6.07, 6.45) is 7.42. The molecular formula is C22H26N2O4S. The number of methoxy groups -OCH3 is 1. The Labute approximate surface area is 172 Å². The highest BCUT2D eigenvalue weighted by molar-refractivity contribution is 7.92. The van der Waals surface area contributed by atoms with Gasteiger partial charge < -0.3 is 10.1 Å². The van der Waals surface area contributed by atoms with Gasteiger partial charge in [-0.05, 0) is 61.6 Å². The van der Waals surface area contributed by atoms with Gasteiger partial charge in [0.15, 0.2) is 0 Å². The van der Waals surface area contributed by atoms with Gasteiger partial charge in [0, 0.05) is 19.2 Å². The first-order valence-corrected chi connectivity index (χ1v) is 11.0. The van der Waals surface area contributed by atoms with Crippen LogP contribution in [0.3, 0.4) is 0 Å². The van der Waals surface area contributed by atoms with Crippen LogP contribution in [-0.4, -0.2) is 35.0 Å². The van der Waals surface area contributed by atoms with Crippen LogP contribution in [0.15, 0.2) is 65.6 Å².